The average molecular weight is 422 g/mol. The third-order valence-corrected chi connectivity index (χ3v) is 4.44. The van der Waals surface area contributed by atoms with E-state index in [4.69, 9.17) is 4.42 Å². The van der Waals surface area contributed by atoms with Crippen LogP contribution in [0, 0.1) is 6.92 Å². The number of halogens is 3. The number of aryl methyl sites for hydroxylation is 1. The molecule has 1 aliphatic carbocycles. The van der Waals surface area contributed by atoms with Crippen LogP contribution in [0.5, 0.6) is 0 Å². The minimum Gasteiger partial charge on any atom is -0.513 e. The van der Waals surface area contributed by atoms with Gasteiger partial charge in [-0.25, -0.2) is 0 Å². The van der Waals surface area contributed by atoms with E-state index in [1.807, 2.05) is 27.7 Å². The highest BCUT2D eigenvalue weighted by Gasteiger charge is 2.40. The molecule has 0 fully saturated rings. The molecule has 2 aromatic rings. The molecule has 1 aromatic heterocycles. The Bertz CT molecular complexity index is 1000. The predicted molar refractivity (Wildman–Crippen MR) is 117 cm³/mol. The van der Waals surface area contributed by atoms with Crippen LogP contribution in [0.3, 0.4) is 0 Å². The molecule has 6 heteroatoms. The predicted octanol–water partition coefficient (Wildman–Crippen LogP) is 7.60. The first-order chi connectivity index (χ1) is 14.2. The summed E-state index contributed by atoms with van der Waals surface area (Å²) in [7, 11) is 0. The zero-order valence-electron chi connectivity index (χ0n) is 18.2. The molecule has 164 valence electrons. The molecule has 0 amide bonds. The maximum absolute atomic E-state index is 13.4. The standard InChI is InChI=1S/C20H17F3O3.2C2H6/c1-11-7-8-17-18(14(11)9-12(2)24)19(25)15(10-26-17)13-5-3-4-6-16(13)20(21,22)23;2*1-2/h3-4,6-10,13,24H,5H2,1-2H3;2*1-2H3/b12-9+;;. The summed E-state index contributed by atoms with van der Waals surface area (Å²) in [5, 5.41) is 9.78. The molecular weight excluding hydrogens is 393 g/mol. The number of alkyl halides is 3. The van der Waals surface area contributed by atoms with E-state index < -0.39 is 23.1 Å². The largest absolute Gasteiger partial charge is 0.513 e. The summed E-state index contributed by atoms with van der Waals surface area (Å²) in [6.07, 6.45) is 1.99. The van der Waals surface area contributed by atoms with Crippen molar-refractivity contribution in [1.82, 2.24) is 0 Å². The van der Waals surface area contributed by atoms with Gasteiger partial charge in [-0.3, -0.25) is 4.79 Å². The van der Waals surface area contributed by atoms with E-state index in [-0.39, 0.29) is 28.7 Å². The SMILES string of the molecule is C/C(O)=C\c1c(C)ccc2occ(C3CC=CC=C3C(F)(F)F)c(=O)c12.CC.CC. The van der Waals surface area contributed by atoms with Crippen LogP contribution < -0.4 is 5.43 Å². The molecule has 0 radical (unpaired) electrons. The molecule has 1 N–H and O–H groups in total. The number of allylic oxidation sites excluding steroid dienone is 5. The minimum atomic E-state index is -4.53. The maximum atomic E-state index is 13.4. The van der Waals surface area contributed by atoms with Gasteiger partial charge in [-0.15, -0.1) is 0 Å². The van der Waals surface area contributed by atoms with E-state index in [9.17, 15) is 23.1 Å². The number of hydrogen-bond acceptors (Lipinski definition) is 3. The molecule has 0 saturated heterocycles. The Morgan fingerprint density at radius 3 is 2.40 bits per heavy atom. The highest BCUT2D eigenvalue weighted by Crippen LogP contribution is 2.40. The van der Waals surface area contributed by atoms with E-state index >= 15 is 0 Å². The van der Waals surface area contributed by atoms with Crippen LogP contribution in [-0.4, -0.2) is 11.3 Å². The zero-order valence-corrected chi connectivity index (χ0v) is 18.2. The fourth-order valence-electron chi connectivity index (χ4n) is 3.21. The van der Waals surface area contributed by atoms with Crippen LogP contribution in [0.2, 0.25) is 0 Å². The van der Waals surface area contributed by atoms with Crippen LogP contribution in [0.1, 0.15) is 63.6 Å². The third kappa shape index (κ3) is 5.43. The van der Waals surface area contributed by atoms with E-state index in [1.54, 1.807) is 25.1 Å². The number of rotatable bonds is 2. The Morgan fingerprint density at radius 2 is 1.83 bits per heavy atom. The summed E-state index contributed by atoms with van der Waals surface area (Å²) in [4.78, 5) is 13.1. The van der Waals surface area contributed by atoms with Crippen LogP contribution in [0.4, 0.5) is 13.2 Å². The summed E-state index contributed by atoms with van der Waals surface area (Å²) in [5.41, 5.74) is 0.0992. The van der Waals surface area contributed by atoms with Crippen LogP contribution >= 0.6 is 0 Å². The van der Waals surface area contributed by atoms with Gasteiger partial charge < -0.3 is 9.52 Å². The summed E-state index contributed by atoms with van der Waals surface area (Å²) in [6, 6.07) is 3.32. The van der Waals surface area contributed by atoms with Gasteiger partial charge in [-0.05, 0) is 43.5 Å². The number of hydrogen-bond donors (Lipinski definition) is 1. The normalized spacial score (nSPS) is 16.2. The quantitative estimate of drug-likeness (QED) is 0.507. The number of fused-ring (bicyclic) bond motifs is 1. The van der Waals surface area contributed by atoms with Gasteiger partial charge in [0.05, 0.1) is 17.4 Å². The maximum Gasteiger partial charge on any atom is 0.413 e. The first-order valence-electron chi connectivity index (χ1n) is 10.1. The lowest BCUT2D eigenvalue weighted by molar-refractivity contribution is -0.0960. The van der Waals surface area contributed by atoms with Gasteiger partial charge in [0.2, 0.25) is 0 Å². The van der Waals surface area contributed by atoms with Crippen molar-refractivity contribution in [3.8, 4) is 0 Å². The number of benzene rings is 1. The van der Waals surface area contributed by atoms with Crippen molar-refractivity contribution >= 4 is 17.0 Å². The Kier molecular flexibility index (Phi) is 9.15. The van der Waals surface area contributed by atoms with Gasteiger partial charge in [0.1, 0.15) is 5.58 Å². The van der Waals surface area contributed by atoms with Crippen molar-refractivity contribution < 1.29 is 22.7 Å². The fourth-order valence-corrected chi connectivity index (χ4v) is 3.21. The lowest BCUT2D eigenvalue weighted by atomic mass is 9.85. The first-order valence-corrected chi connectivity index (χ1v) is 10.1. The van der Waals surface area contributed by atoms with Gasteiger partial charge in [-0.1, -0.05) is 52.0 Å². The van der Waals surface area contributed by atoms with Crippen LogP contribution in [-0.2, 0) is 0 Å². The molecule has 3 nitrogen and oxygen atoms in total. The molecule has 1 heterocycles. The summed E-state index contributed by atoms with van der Waals surface area (Å²) < 4.78 is 45.6. The highest BCUT2D eigenvalue weighted by molar-refractivity contribution is 5.88. The molecule has 1 aromatic carbocycles. The molecule has 0 bridgehead atoms. The molecule has 3 rings (SSSR count). The fraction of sp³-hybridized carbons (Fsp3) is 0.375. The topological polar surface area (TPSA) is 50.4 Å². The van der Waals surface area contributed by atoms with E-state index in [1.165, 1.54) is 19.1 Å². The molecule has 30 heavy (non-hydrogen) atoms. The molecular formula is C24H29F3O3. The van der Waals surface area contributed by atoms with Crippen molar-refractivity contribution in [3.63, 3.8) is 0 Å². The minimum absolute atomic E-state index is 0.0121. The smallest absolute Gasteiger partial charge is 0.413 e. The van der Waals surface area contributed by atoms with Crippen molar-refractivity contribution in [2.45, 2.75) is 60.1 Å². The van der Waals surface area contributed by atoms with Gasteiger partial charge in [0, 0.05) is 17.1 Å². The molecule has 1 unspecified atom stereocenters. The molecule has 0 saturated carbocycles. The lowest BCUT2D eigenvalue weighted by Gasteiger charge is -2.23. The van der Waals surface area contributed by atoms with E-state index in [0.29, 0.717) is 11.1 Å². The summed E-state index contributed by atoms with van der Waals surface area (Å²) in [5.74, 6) is -1.13. The second-order valence-corrected chi connectivity index (χ2v) is 6.31. The Morgan fingerprint density at radius 1 is 1.20 bits per heavy atom. The molecule has 1 atom stereocenters. The Hall–Kier alpha value is -2.76. The van der Waals surface area contributed by atoms with Crippen molar-refractivity contribution in [3.05, 3.63) is 74.9 Å². The highest BCUT2D eigenvalue weighted by atomic mass is 19.4. The molecule has 0 spiro atoms. The van der Waals surface area contributed by atoms with Crippen LogP contribution in [0.15, 0.2) is 57.2 Å². The average Bonchev–Trinajstić information content (AvgIpc) is 2.72. The van der Waals surface area contributed by atoms with E-state index in [0.717, 1.165) is 12.3 Å². The van der Waals surface area contributed by atoms with Crippen molar-refractivity contribution in [1.29, 1.82) is 0 Å². The number of aliphatic hydroxyl groups excluding tert-OH is 1. The van der Waals surface area contributed by atoms with Gasteiger partial charge in [0.15, 0.2) is 5.43 Å². The van der Waals surface area contributed by atoms with Crippen molar-refractivity contribution in [2.75, 3.05) is 0 Å². The van der Waals surface area contributed by atoms with Crippen LogP contribution in [0.25, 0.3) is 17.0 Å². The Balaban J connectivity index is 0.00000106. The summed E-state index contributed by atoms with van der Waals surface area (Å²) in [6.45, 7) is 11.2. The van der Waals surface area contributed by atoms with E-state index in [2.05, 4.69) is 0 Å². The lowest BCUT2D eigenvalue weighted by Crippen LogP contribution is -2.24. The first kappa shape index (κ1) is 25.3. The van der Waals surface area contributed by atoms with Gasteiger partial charge in [0.25, 0.3) is 0 Å². The molecule has 0 aliphatic heterocycles. The second kappa shape index (κ2) is 10.9. The monoisotopic (exact) mass is 422 g/mol. The number of aliphatic hydroxyl groups is 1. The van der Waals surface area contributed by atoms with Crippen molar-refractivity contribution in [2.24, 2.45) is 0 Å². The summed E-state index contributed by atoms with van der Waals surface area (Å²) >= 11 is 0. The molecule has 1 aliphatic rings. The zero-order chi connectivity index (χ0) is 23.1. The Labute approximate surface area is 175 Å². The second-order valence-electron chi connectivity index (χ2n) is 6.31. The van der Waals surface area contributed by atoms with Gasteiger partial charge in [-0.2, -0.15) is 13.2 Å². The third-order valence-electron chi connectivity index (χ3n) is 4.44. The van der Waals surface area contributed by atoms with Gasteiger partial charge >= 0.3 is 6.18 Å².